The maximum atomic E-state index is 9.68. The van der Waals surface area contributed by atoms with Gasteiger partial charge in [-0.1, -0.05) is 27.7 Å². The molecule has 0 aromatic heterocycles. The minimum absolute atomic E-state index is 0.260. The van der Waals surface area contributed by atoms with Crippen molar-refractivity contribution in [1.82, 2.24) is 0 Å². The van der Waals surface area contributed by atoms with E-state index in [0.29, 0.717) is 16.9 Å². The zero-order valence-corrected chi connectivity index (χ0v) is 12.1. The average molecular weight is 268 g/mol. The molecule has 0 aliphatic heterocycles. The van der Waals surface area contributed by atoms with Crippen molar-refractivity contribution in [3.05, 3.63) is 0 Å². The normalized spacial score (nSPS) is 16.1. The topological polar surface area (TPSA) is 60.7 Å². The highest BCUT2D eigenvalue weighted by Gasteiger charge is 2.22. The van der Waals surface area contributed by atoms with Crippen molar-refractivity contribution in [3.8, 4) is 0 Å². The van der Waals surface area contributed by atoms with Crippen molar-refractivity contribution in [2.24, 2.45) is 0 Å². The predicted molar refractivity (Wildman–Crippen MR) is 73.0 cm³/mol. The van der Waals surface area contributed by atoms with E-state index in [-0.39, 0.29) is 11.2 Å². The van der Waals surface area contributed by atoms with E-state index in [2.05, 4.69) is 27.7 Å². The summed E-state index contributed by atoms with van der Waals surface area (Å²) in [4.78, 5) is 0. The maximum absolute atomic E-state index is 9.68. The van der Waals surface area contributed by atoms with E-state index in [1.54, 1.807) is 23.5 Å². The molecule has 5 heteroatoms. The van der Waals surface area contributed by atoms with Gasteiger partial charge in [0.1, 0.15) is 6.10 Å². The second kappa shape index (κ2) is 8.64. The summed E-state index contributed by atoms with van der Waals surface area (Å²) in [6.07, 6.45) is -1.36. The Morgan fingerprint density at radius 1 is 0.875 bits per heavy atom. The molecule has 0 saturated heterocycles. The van der Waals surface area contributed by atoms with E-state index in [0.717, 1.165) is 0 Å². The van der Waals surface area contributed by atoms with Crippen LogP contribution in [0.25, 0.3) is 0 Å². The number of thioether (sulfide) groups is 2. The quantitative estimate of drug-likeness (QED) is 0.585. The second-order valence-electron chi connectivity index (χ2n) is 4.35. The van der Waals surface area contributed by atoms with Gasteiger partial charge in [0.05, 0.1) is 17.3 Å². The van der Waals surface area contributed by atoms with Gasteiger partial charge in [0.2, 0.25) is 0 Å². The van der Waals surface area contributed by atoms with Crippen LogP contribution < -0.4 is 0 Å². The SMILES string of the molecule is CC(C)SC(C[C@@H](O)[C@@H](O)CO)SC(C)C. The Hall–Kier alpha value is 0.580. The molecule has 0 amide bonds. The molecule has 16 heavy (non-hydrogen) atoms. The molecule has 0 saturated carbocycles. The van der Waals surface area contributed by atoms with Crippen molar-refractivity contribution in [1.29, 1.82) is 0 Å². The largest absolute Gasteiger partial charge is 0.394 e. The molecule has 0 bridgehead atoms. The van der Waals surface area contributed by atoms with Gasteiger partial charge in [0.15, 0.2) is 0 Å². The lowest BCUT2D eigenvalue weighted by molar-refractivity contribution is -0.0154. The first kappa shape index (κ1) is 16.6. The molecule has 0 aliphatic carbocycles. The van der Waals surface area contributed by atoms with Gasteiger partial charge in [-0.3, -0.25) is 0 Å². The first-order chi connectivity index (χ1) is 7.36. The van der Waals surface area contributed by atoms with Crippen LogP contribution in [0.15, 0.2) is 0 Å². The first-order valence-electron chi connectivity index (χ1n) is 5.64. The van der Waals surface area contributed by atoms with E-state index in [9.17, 15) is 10.2 Å². The van der Waals surface area contributed by atoms with Gasteiger partial charge in [-0.15, -0.1) is 23.5 Å². The van der Waals surface area contributed by atoms with Crippen LogP contribution >= 0.6 is 23.5 Å². The van der Waals surface area contributed by atoms with E-state index >= 15 is 0 Å². The molecule has 98 valence electrons. The lowest BCUT2D eigenvalue weighted by atomic mass is 10.2. The average Bonchev–Trinajstić information content (AvgIpc) is 2.14. The monoisotopic (exact) mass is 268 g/mol. The number of aliphatic hydroxyl groups excluding tert-OH is 3. The van der Waals surface area contributed by atoms with Crippen molar-refractivity contribution < 1.29 is 15.3 Å². The molecule has 0 rings (SSSR count). The summed E-state index contributed by atoms with van der Waals surface area (Å²) in [7, 11) is 0. The molecule has 0 radical (unpaired) electrons. The molecule has 0 aromatic carbocycles. The molecule has 2 atom stereocenters. The van der Waals surface area contributed by atoms with Gasteiger partial charge in [0, 0.05) is 10.5 Å². The van der Waals surface area contributed by atoms with E-state index in [1.807, 2.05) is 0 Å². The maximum Gasteiger partial charge on any atom is 0.103 e. The lowest BCUT2D eigenvalue weighted by Crippen LogP contribution is -2.31. The van der Waals surface area contributed by atoms with Crippen LogP contribution in [0.3, 0.4) is 0 Å². The predicted octanol–water partition coefficient (Wildman–Crippen LogP) is 1.70. The Labute approximate surface area is 107 Å². The fourth-order valence-electron chi connectivity index (χ4n) is 1.23. The van der Waals surface area contributed by atoms with Crippen LogP contribution in [0.4, 0.5) is 0 Å². The van der Waals surface area contributed by atoms with Crippen LogP contribution in [0, 0.1) is 0 Å². The summed E-state index contributed by atoms with van der Waals surface area (Å²) in [6.45, 7) is 8.09. The summed E-state index contributed by atoms with van der Waals surface area (Å²) in [5.74, 6) is 0. The van der Waals surface area contributed by atoms with Crippen molar-refractivity contribution in [3.63, 3.8) is 0 Å². The number of aliphatic hydroxyl groups is 3. The third-order valence-corrected chi connectivity index (χ3v) is 4.66. The third kappa shape index (κ3) is 7.79. The summed E-state index contributed by atoms with van der Waals surface area (Å²) in [6, 6.07) is 0. The van der Waals surface area contributed by atoms with E-state index in [4.69, 9.17) is 5.11 Å². The highest BCUT2D eigenvalue weighted by Crippen LogP contribution is 2.34. The standard InChI is InChI=1S/C11H24O3S2/c1-7(2)15-11(16-8(3)4)5-9(13)10(14)6-12/h7-14H,5-6H2,1-4H3/t9-,10+/m1/s1. The first-order valence-corrected chi connectivity index (χ1v) is 7.53. The summed E-state index contributed by atoms with van der Waals surface area (Å²) < 4.78 is 0.260. The van der Waals surface area contributed by atoms with Gasteiger partial charge in [0.25, 0.3) is 0 Å². The van der Waals surface area contributed by atoms with Crippen LogP contribution in [0.5, 0.6) is 0 Å². The Morgan fingerprint density at radius 3 is 1.62 bits per heavy atom. The molecule has 3 nitrogen and oxygen atoms in total. The van der Waals surface area contributed by atoms with Gasteiger partial charge in [-0.25, -0.2) is 0 Å². The fraction of sp³-hybridized carbons (Fsp3) is 1.00. The molecule has 0 aliphatic rings. The van der Waals surface area contributed by atoms with E-state index < -0.39 is 12.2 Å². The van der Waals surface area contributed by atoms with E-state index in [1.165, 1.54) is 0 Å². The Balaban J connectivity index is 4.18. The van der Waals surface area contributed by atoms with Crippen LogP contribution in [0.1, 0.15) is 34.1 Å². The Morgan fingerprint density at radius 2 is 1.31 bits per heavy atom. The highest BCUT2D eigenvalue weighted by atomic mass is 32.2. The highest BCUT2D eigenvalue weighted by molar-refractivity contribution is 8.17. The molecule has 0 unspecified atom stereocenters. The summed E-state index contributed by atoms with van der Waals surface area (Å²) in [5.41, 5.74) is 0. The number of hydrogen-bond acceptors (Lipinski definition) is 5. The molecule has 0 aromatic rings. The van der Waals surface area contributed by atoms with Gasteiger partial charge < -0.3 is 15.3 Å². The number of hydrogen-bond donors (Lipinski definition) is 3. The Bertz CT molecular complexity index is 167. The third-order valence-electron chi connectivity index (χ3n) is 1.91. The second-order valence-corrected chi connectivity index (χ2v) is 8.22. The molecular formula is C11H24O3S2. The van der Waals surface area contributed by atoms with Crippen LogP contribution in [-0.4, -0.2) is 49.2 Å². The minimum atomic E-state index is -1.02. The summed E-state index contributed by atoms with van der Waals surface area (Å²) in [5, 5.41) is 28.8. The van der Waals surface area contributed by atoms with Gasteiger partial charge in [-0.05, 0) is 6.42 Å². The fourth-order valence-corrected chi connectivity index (χ4v) is 4.65. The molecule has 0 spiro atoms. The number of rotatable bonds is 8. The Kier molecular flexibility index (Phi) is 8.95. The van der Waals surface area contributed by atoms with Gasteiger partial charge >= 0.3 is 0 Å². The van der Waals surface area contributed by atoms with Crippen LogP contribution in [0.2, 0.25) is 0 Å². The summed E-state index contributed by atoms with van der Waals surface area (Å²) >= 11 is 3.59. The minimum Gasteiger partial charge on any atom is -0.394 e. The van der Waals surface area contributed by atoms with Crippen molar-refractivity contribution in [2.45, 2.75) is 61.4 Å². The van der Waals surface area contributed by atoms with Crippen molar-refractivity contribution in [2.75, 3.05) is 6.61 Å². The zero-order chi connectivity index (χ0) is 12.7. The van der Waals surface area contributed by atoms with Crippen LogP contribution in [-0.2, 0) is 0 Å². The lowest BCUT2D eigenvalue weighted by Gasteiger charge is -2.24. The molecule has 0 heterocycles. The molecule has 3 N–H and O–H groups in total. The van der Waals surface area contributed by atoms with Crippen molar-refractivity contribution >= 4 is 23.5 Å². The molecule has 0 fully saturated rings. The molecular weight excluding hydrogens is 244 g/mol. The smallest absolute Gasteiger partial charge is 0.103 e. The zero-order valence-electron chi connectivity index (χ0n) is 10.5. The van der Waals surface area contributed by atoms with Gasteiger partial charge in [-0.2, -0.15) is 0 Å².